The van der Waals surface area contributed by atoms with E-state index in [1.54, 1.807) is 6.92 Å². The normalized spacial score (nSPS) is 15.5. The van der Waals surface area contributed by atoms with Gasteiger partial charge in [-0.05, 0) is 54.1 Å². The van der Waals surface area contributed by atoms with Crippen LogP contribution in [0.2, 0.25) is 0 Å². The maximum atomic E-state index is 12.7. The van der Waals surface area contributed by atoms with Crippen molar-refractivity contribution in [3.05, 3.63) is 125 Å². The third-order valence-corrected chi connectivity index (χ3v) is 8.24. The molecule has 3 aromatic carbocycles. The van der Waals surface area contributed by atoms with E-state index in [2.05, 4.69) is 81.2 Å². The SMILES string of the molecule is CC(=O)N(CCc1cncn1Cc1ccc(C#N)cc1)C[C@H]1CCCN(CC(c2ccccc2)c2ccccc2)C1. The average Bonchev–Trinajstić information content (AvgIpc) is 3.46. The highest BCUT2D eigenvalue weighted by molar-refractivity contribution is 5.73. The Labute approximate surface area is 243 Å². The number of amides is 1. The Morgan fingerprint density at radius 3 is 2.34 bits per heavy atom. The third-order valence-electron chi connectivity index (χ3n) is 8.24. The molecule has 6 heteroatoms. The van der Waals surface area contributed by atoms with Crippen molar-refractivity contribution in [2.24, 2.45) is 5.92 Å². The molecular formula is C35H39N5O. The predicted octanol–water partition coefficient (Wildman–Crippen LogP) is 5.74. The summed E-state index contributed by atoms with van der Waals surface area (Å²) in [6, 6.07) is 31.5. The Balaban J connectivity index is 1.19. The summed E-state index contributed by atoms with van der Waals surface area (Å²) < 4.78 is 2.13. The first-order valence-electron chi connectivity index (χ1n) is 14.6. The second-order valence-corrected chi connectivity index (χ2v) is 11.2. The molecule has 5 rings (SSSR count). The molecule has 210 valence electrons. The number of hydrogen-bond acceptors (Lipinski definition) is 4. The van der Waals surface area contributed by atoms with Crippen LogP contribution in [0, 0.1) is 17.2 Å². The molecule has 1 aromatic heterocycles. The third kappa shape index (κ3) is 7.71. The van der Waals surface area contributed by atoms with Crippen LogP contribution >= 0.6 is 0 Å². The molecule has 0 spiro atoms. The quantitative estimate of drug-likeness (QED) is 0.241. The number of carbonyl (C=O) groups is 1. The van der Waals surface area contributed by atoms with Crippen molar-refractivity contribution >= 4 is 5.91 Å². The number of likely N-dealkylation sites (tertiary alicyclic amines) is 1. The van der Waals surface area contributed by atoms with Crippen molar-refractivity contribution in [1.29, 1.82) is 5.26 Å². The Bertz CT molecular complexity index is 1390. The van der Waals surface area contributed by atoms with E-state index in [-0.39, 0.29) is 5.91 Å². The van der Waals surface area contributed by atoms with Crippen molar-refractivity contribution < 1.29 is 4.79 Å². The summed E-state index contributed by atoms with van der Waals surface area (Å²) >= 11 is 0. The van der Waals surface area contributed by atoms with Crippen LogP contribution in [-0.4, -0.2) is 58.0 Å². The fourth-order valence-electron chi connectivity index (χ4n) is 6.02. The Kier molecular flexibility index (Phi) is 9.61. The number of benzene rings is 3. The minimum Gasteiger partial charge on any atom is -0.342 e. The van der Waals surface area contributed by atoms with Crippen molar-refractivity contribution in [3.63, 3.8) is 0 Å². The summed E-state index contributed by atoms with van der Waals surface area (Å²) in [6.45, 7) is 6.95. The van der Waals surface area contributed by atoms with Crippen LogP contribution in [0.15, 0.2) is 97.5 Å². The fraction of sp³-hybridized carbons (Fsp3) is 0.343. The Morgan fingerprint density at radius 2 is 1.71 bits per heavy atom. The number of piperidine rings is 1. The molecule has 0 aliphatic carbocycles. The molecule has 1 fully saturated rings. The van der Waals surface area contributed by atoms with Crippen LogP contribution in [-0.2, 0) is 17.8 Å². The molecule has 1 atom stereocenters. The molecule has 4 aromatic rings. The minimum absolute atomic E-state index is 0.131. The van der Waals surface area contributed by atoms with Gasteiger partial charge in [-0.1, -0.05) is 72.8 Å². The topological polar surface area (TPSA) is 65.2 Å². The number of nitrogens with zero attached hydrogens (tertiary/aromatic N) is 5. The number of aromatic nitrogens is 2. The maximum Gasteiger partial charge on any atom is 0.219 e. The van der Waals surface area contributed by atoms with Gasteiger partial charge in [0, 0.05) is 63.9 Å². The monoisotopic (exact) mass is 545 g/mol. The highest BCUT2D eigenvalue weighted by Gasteiger charge is 2.26. The minimum atomic E-state index is 0.131. The van der Waals surface area contributed by atoms with E-state index in [0.29, 0.717) is 30.5 Å². The zero-order valence-corrected chi connectivity index (χ0v) is 23.9. The number of nitriles is 1. The lowest BCUT2D eigenvalue weighted by molar-refractivity contribution is -0.129. The Hall–Kier alpha value is -4.21. The van der Waals surface area contributed by atoms with Gasteiger partial charge in [-0.25, -0.2) is 4.98 Å². The van der Waals surface area contributed by atoms with Crippen LogP contribution in [0.4, 0.5) is 0 Å². The fourth-order valence-corrected chi connectivity index (χ4v) is 6.02. The van der Waals surface area contributed by atoms with Crippen molar-refractivity contribution in [3.8, 4) is 6.07 Å². The van der Waals surface area contributed by atoms with Crippen LogP contribution in [0.25, 0.3) is 0 Å². The van der Waals surface area contributed by atoms with Crippen LogP contribution < -0.4 is 0 Å². The molecule has 1 saturated heterocycles. The lowest BCUT2D eigenvalue weighted by Crippen LogP contribution is -2.44. The summed E-state index contributed by atoms with van der Waals surface area (Å²) in [6.07, 6.45) is 6.82. The molecule has 0 radical (unpaired) electrons. The second kappa shape index (κ2) is 13.9. The van der Waals surface area contributed by atoms with Crippen molar-refractivity contribution in [2.45, 2.75) is 38.6 Å². The Morgan fingerprint density at radius 1 is 1.02 bits per heavy atom. The van der Waals surface area contributed by atoms with Gasteiger partial charge >= 0.3 is 0 Å². The molecule has 6 nitrogen and oxygen atoms in total. The highest BCUT2D eigenvalue weighted by Crippen LogP contribution is 2.28. The number of hydrogen-bond donors (Lipinski definition) is 0. The van der Waals surface area contributed by atoms with Crippen molar-refractivity contribution in [2.75, 3.05) is 32.7 Å². The van der Waals surface area contributed by atoms with Crippen LogP contribution in [0.1, 0.15) is 53.6 Å². The van der Waals surface area contributed by atoms with Crippen molar-refractivity contribution in [1.82, 2.24) is 19.4 Å². The summed E-state index contributed by atoms with van der Waals surface area (Å²) in [5.74, 6) is 0.923. The van der Waals surface area contributed by atoms with E-state index in [9.17, 15) is 4.79 Å². The molecule has 1 aliphatic rings. The molecule has 0 N–H and O–H groups in total. The highest BCUT2D eigenvalue weighted by atomic mass is 16.2. The summed E-state index contributed by atoms with van der Waals surface area (Å²) in [5, 5.41) is 9.06. The molecule has 1 aliphatic heterocycles. The maximum absolute atomic E-state index is 12.7. The van der Waals surface area contributed by atoms with Gasteiger partial charge in [0.25, 0.3) is 0 Å². The van der Waals surface area contributed by atoms with E-state index >= 15 is 0 Å². The zero-order chi connectivity index (χ0) is 28.4. The van der Waals surface area contributed by atoms with Crippen LogP contribution in [0.3, 0.4) is 0 Å². The first-order chi connectivity index (χ1) is 20.1. The van der Waals surface area contributed by atoms with E-state index in [1.807, 2.05) is 41.7 Å². The summed E-state index contributed by atoms with van der Waals surface area (Å²) in [4.78, 5) is 21.7. The van der Waals surface area contributed by atoms with E-state index in [1.165, 1.54) is 11.1 Å². The standard InChI is InChI=1S/C35H39N5O/c1-28(41)39(20-18-34-22-37-27-40(34)24-30-16-14-29(21-36)15-17-30)25-31-9-8-19-38(23-31)26-35(32-10-4-2-5-11-32)33-12-6-3-7-13-33/h2-7,10-17,22,27,31,35H,8-9,18-20,23-26H2,1H3/t31-/m0/s1. The van der Waals surface area contributed by atoms with Gasteiger partial charge in [0.2, 0.25) is 5.91 Å². The predicted molar refractivity (Wildman–Crippen MR) is 162 cm³/mol. The molecule has 0 saturated carbocycles. The van der Waals surface area contributed by atoms with Crippen LogP contribution in [0.5, 0.6) is 0 Å². The van der Waals surface area contributed by atoms with Gasteiger partial charge in [-0.2, -0.15) is 5.26 Å². The second-order valence-electron chi connectivity index (χ2n) is 11.2. The summed E-state index contributed by atoms with van der Waals surface area (Å²) in [5.41, 5.74) is 5.60. The van der Waals surface area contributed by atoms with Gasteiger partial charge in [-0.3, -0.25) is 4.79 Å². The number of carbonyl (C=O) groups excluding carboxylic acids is 1. The number of imidazole rings is 1. The molecule has 0 unspecified atom stereocenters. The number of rotatable bonds is 11. The average molecular weight is 546 g/mol. The molecule has 41 heavy (non-hydrogen) atoms. The zero-order valence-electron chi connectivity index (χ0n) is 23.9. The van der Waals surface area contributed by atoms with E-state index < -0.39 is 0 Å². The van der Waals surface area contributed by atoms with Gasteiger partial charge in [-0.15, -0.1) is 0 Å². The molecule has 2 heterocycles. The van der Waals surface area contributed by atoms with Gasteiger partial charge in [0.15, 0.2) is 0 Å². The van der Waals surface area contributed by atoms with E-state index in [0.717, 1.165) is 56.7 Å². The smallest absolute Gasteiger partial charge is 0.219 e. The first-order valence-corrected chi connectivity index (χ1v) is 14.6. The van der Waals surface area contributed by atoms with Gasteiger partial charge in [0.05, 0.1) is 18.0 Å². The van der Waals surface area contributed by atoms with E-state index in [4.69, 9.17) is 5.26 Å². The molecule has 1 amide bonds. The van der Waals surface area contributed by atoms with Gasteiger partial charge < -0.3 is 14.4 Å². The summed E-state index contributed by atoms with van der Waals surface area (Å²) in [7, 11) is 0. The first kappa shape index (κ1) is 28.3. The molecular weight excluding hydrogens is 506 g/mol. The lowest BCUT2D eigenvalue weighted by atomic mass is 9.89. The lowest BCUT2D eigenvalue weighted by Gasteiger charge is -2.37. The largest absolute Gasteiger partial charge is 0.342 e. The van der Waals surface area contributed by atoms with Gasteiger partial charge in [0.1, 0.15) is 0 Å². The molecule has 0 bridgehead atoms.